The summed E-state index contributed by atoms with van der Waals surface area (Å²) in [7, 11) is 1.78. The molecule has 0 heterocycles. The van der Waals surface area contributed by atoms with Crippen molar-refractivity contribution in [2.24, 2.45) is 11.8 Å². The number of hydrogen-bond acceptors (Lipinski definition) is 3. The molecule has 0 radical (unpaired) electrons. The Balaban J connectivity index is 1.97. The van der Waals surface area contributed by atoms with Crippen molar-refractivity contribution in [1.29, 1.82) is 0 Å². The number of hydrogen-bond donors (Lipinski definition) is 0. The molecule has 3 heteroatoms. The monoisotopic (exact) mass is 198 g/mol. The maximum Gasteiger partial charge on any atom is 0.302 e. The molecule has 4 unspecified atom stereocenters. The number of fused-ring (bicyclic) bond motifs is 1. The summed E-state index contributed by atoms with van der Waals surface area (Å²) < 4.78 is 10.8. The van der Waals surface area contributed by atoms with Gasteiger partial charge in [-0.2, -0.15) is 0 Å². The zero-order valence-electron chi connectivity index (χ0n) is 8.86. The van der Waals surface area contributed by atoms with Crippen molar-refractivity contribution in [3.8, 4) is 0 Å². The number of methoxy groups -OCH3 is 1. The Bertz CT molecular complexity index is 227. The largest absolute Gasteiger partial charge is 0.462 e. The van der Waals surface area contributed by atoms with Gasteiger partial charge in [0.05, 0.1) is 6.10 Å². The topological polar surface area (TPSA) is 35.5 Å². The van der Waals surface area contributed by atoms with E-state index in [4.69, 9.17) is 9.47 Å². The molecule has 3 nitrogen and oxygen atoms in total. The highest BCUT2D eigenvalue weighted by atomic mass is 16.5. The minimum atomic E-state index is -0.142. The Kier molecular flexibility index (Phi) is 2.77. The lowest BCUT2D eigenvalue weighted by Gasteiger charge is -2.19. The number of rotatable bonds is 2. The van der Waals surface area contributed by atoms with Crippen LogP contribution in [0.4, 0.5) is 0 Å². The van der Waals surface area contributed by atoms with Crippen LogP contribution in [0, 0.1) is 11.8 Å². The first-order valence-corrected chi connectivity index (χ1v) is 5.42. The first kappa shape index (κ1) is 9.97. The lowest BCUT2D eigenvalue weighted by atomic mass is 9.98. The molecule has 0 bridgehead atoms. The van der Waals surface area contributed by atoms with Crippen LogP contribution in [0.5, 0.6) is 0 Å². The van der Waals surface area contributed by atoms with Crippen LogP contribution in [0.2, 0.25) is 0 Å². The highest BCUT2D eigenvalue weighted by molar-refractivity contribution is 5.66. The fraction of sp³-hybridized carbons (Fsp3) is 0.909. The standard InChI is InChI=1S/C11H18O3/c1-7(12)14-11-6-4-8-9(11)3-5-10(8)13-2/h8-11H,3-6H2,1-2H3. The average molecular weight is 198 g/mol. The first-order valence-electron chi connectivity index (χ1n) is 5.42. The van der Waals surface area contributed by atoms with Gasteiger partial charge in [0.1, 0.15) is 6.10 Å². The highest BCUT2D eigenvalue weighted by Gasteiger charge is 2.46. The fourth-order valence-electron chi connectivity index (χ4n) is 3.15. The van der Waals surface area contributed by atoms with E-state index < -0.39 is 0 Å². The second-order valence-electron chi connectivity index (χ2n) is 4.40. The summed E-state index contributed by atoms with van der Waals surface area (Å²) in [5.74, 6) is 1.05. The summed E-state index contributed by atoms with van der Waals surface area (Å²) in [5.41, 5.74) is 0. The van der Waals surface area contributed by atoms with E-state index in [0.29, 0.717) is 17.9 Å². The molecule has 2 rings (SSSR count). The number of esters is 1. The van der Waals surface area contributed by atoms with Crippen LogP contribution in [0.25, 0.3) is 0 Å². The normalized spacial score (nSPS) is 41.0. The van der Waals surface area contributed by atoms with E-state index in [0.717, 1.165) is 25.7 Å². The SMILES string of the molecule is COC1CCC2C(OC(C)=O)CCC12. The van der Waals surface area contributed by atoms with Gasteiger partial charge < -0.3 is 9.47 Å². The van der Waals surface area contributed by atoms with Gasteiger partial charge in [-0.05, 0) is 31.6 Å². The number of carbonyl (C=O) groups is 1. The molecule has 0 aliphatic heterocycles. The smallest absolute Gasteiger partial charge is 0.302 e. The summed E-state index contributed by atoms with van der Waals surface area (Å²) in [6.07, 6.45) is 5.03. The van der Waals surface area contributed by atoms with Crippen molar-refractivity contribution >= 4 is 5.97 Å². The van der Waals surface area contributed by atoms with Crippen molar-refractivity contribution in [1.82, 2.24) is 0 Å². The molecule has 14 heavy (non-hydrogen) atoms. The zero-order valence-corrected chi connectivity index (χ0v) is 8.86. The number of carbonyl (C=O) groups excluding carboxylic acids is 1. The van der Waals surface area contributed by atoms with Gasteiger partial charge >= 0.3 is 5.97 Å². The molecule has 2 aliphatic rings. The predicted molar refractivity (Wildman–Crippen MR) is 51.8 cm³/mol. The molecule has 4 atom stereocenters. The molecule has 0 spiro atoms. The Hall–Kier alpha value is -0.570. The van der Waals surface area contributed by atoms with E-state index in [1.807, 2.05) is 0 Å². The molecule has 0 aromatic carbocycles. The molecule has 80 valence electrons. The first-order chi connectivity index (χ1) is 6.72. The average Bonchev–Trinajstić information content (AvgIpc) is 2.67. The molecule has 0 amide bonds. The van der Waals surface area contributed by atoms with E-state index in [1.54, 1.807) is 7.11 Å². The van der Waals surface area contributed by atoms with Gasteiger partial charge in [0.15, 0.2) is 0 Å². The molecule has 0 N–H and O–H groups in total. The van der Waals surface area contributed by atoms with Gasteiger partial charge in [0.2, 0.25) is 0 Å². The van der Waals surface area contributed by atoms with Gasteiger partial charge in [0.25, 0.3) is 0 Å². The van der Waals surface area contributed by atoms with Gasteiger partial charge in [0, 0.05) is 20.0 Å². The Morgan fingerprint density at radius 2 is 1.64 bits per heavy atom. The summed E-state index contributed by atoms with van der Waals surface area (Å²) in [6, 6.07) is 0. The van der Waals surface area contributed by atoms with Crippen LogP contribution < -0.4 is 0 Å². The van der Waals surface area contributed by atoms with Gasteiger partial charge in [-0.3, -0.25) is 4.79 Å². The summed E-state index contributed by atoms with van der Waals surface area (Å²) in [4.78, 5) is 10.9. The van der Waals surface area contributed by atoms with E-state index >= 15 is 0 Å². The number of ether oxygens (including phenoxy) is 2. The Morgan fingerprint density at radius 1 is 1.07 bits per heavy atom. The van der Waals surface area contributed by atoms with Gasteiger partial charge in [-0.25, -0.2) is 0 Å². The molecule has 0 aromatic heterocycles. The molecular formula is C11H18O3. The van der Waals surface area contributed by atoms with E-state index in [9.17, 15) is 4.79 Å². The molecule has 0 aromatic rings. The predicted octanol–water partition coefficient (Wildman–Crippen LogP) is 1.75. The summed E-state index contributed by atoms with van der Waals surface area (Å²) in [5, 5.41) is 0. The van der Waals surface area contributed by atoms with E-state index in [1.165, 1.54) is 6.92 Å². The molecule has 2 fully saturated rings. The maximum atomic E-state index is 10.9. The lowest BCUT2D eigenvalue weighted by Crippen LogP contribution is -2.23. The summed E-state index contributed by atoms with van der Waals surface area (Å²) >= 11 is 0. The van der Waals surface area contributed by atoms with E-state index in [2.05, 4.69) is 0 Å². The van der Waals surface area contributed by atoms with Crippen LogP contribution >= 0.6 is 0 Å². The van der Waals surface area contributed by atoms with Crippen LogP contribution in [0.15, 0.2) is 0 Å². The van der Waals surface area contributed by atoms with Gasteiger partial charge in [-0.15, -0.1) is 0 Å². The third-order valence-electron chi connectivity index (χ3n) is 3.69. The Labute approximate surface area is 84.8 Å². The quantitative estimate of drug-likeness (QED) is 0.634. The van der Waals surface area contributed by atoms with Crippen LogP contribution in [-0.4, -0.2) is 25.3 Å². The minimum absolute atomic E-state index is 0.142. The highest BCUT2D eigenvalue weighted by Crippen LogP contribution is 2.46. The fourth-order valence-corrected chi connectivity index (χ4v) is 3.15. The molecular weight excluding hydrogens is 180 g/mol. The molecule has 2 saturated carbocycles. The van der Waals surface area contributed by atoms with Crippen molar-refractivity contribution in [3.63, 3.8) is 0 Å². The van der Waals surface area contributed by atoms with E-state index in [-0.39, 0.29) is 12.1 Å². The third kappa shape index (κ3) is 1.65. The molecule has 0 saturated heterocycles. The van der Waals surface area contributed by atoms with Crippen molar-refractivity contribution in [3.05, 3.63) is 0 Å². The van der Waals surface area contributed by atoms with Crippen LogP contribution in [0.3, 0.4) is 0 Å². The summed E-state index contributed by atoms with van der Waals surface area (Å²) in [6.45, 7) is 1.50. The van der Waals surface area contributed by atoms with Crippen molar-refractivity contribution < 1.29 is 14.3 Å². The maximum absolute atomic E-state index is 10.9. The van der Waals surface area contributed by atoms with Crippen LogP contribution in [-0.2, 0) is 14.3 Å². The lowest BCUT2D eigenvalue weighted by molar-refractivity contribution is -0.148. The molecule has 2 aliphatic carbocycles. The Morgan fingerprint density at radius 3 is 2.21 bits per heavy atom. The zero-order chi connectivity index (χ0) is 10.1. The van der Waals surface area contributed by atoms with Gasteiger partial charge in [-0.1, -0.05) is 0 Å². The minimum Gasteiger partial charge on any atom is -0.462 e. The second kappa shape index (κ2) is 3.89. The second-order valence-corrected chi connectivity index (χ2v) is 4.40. The third-order valence-corrected chi connectivity index (χ3v) is 3.69. The van der Waals surface area contributed by atoms with Crippen molar-refractivity contribution in [2.45, 2.75) is 44.8 Å². The van der Waals surface area contributed by atoms with Crippen LogP contribution in [0.1, 0.15) is 32.6 Å². The van der Waals surface area contributed by atoms with Crippen molar-refractivity contribution in [2.75, 3.05) is 7.11 Å².